The van der Waals surface area contributed by atoms with E-state index in [1.54, 1.807) is 19.9 Å². The van der Waals surface area contributed by atoms with Gasteiger partial charge in [-0.2, -0.15) is 0 Å². The summed E-state index contributed by atoms with van der Waals surface area (Å²) in [5, 5.41) is 0. The predicted octanol–water partition coefficient (Wildman–Crippen LogP) is 3.25. The molecule has 0 saturated carbocycles. The van der Waals surface area contributed by atoms with Gasteiger partial charge in [-0.15, -0.1) is 0 Å². The van der Waals surface area contributed by atoms with E-state index >= 15 is 0 Å². The van der Waals surface area contributed by atoms with E-state index in [0.717, 1.165) is 18.4 Å². The third-order valence-corrected chi connectivity index (χ3v) is 5.57. The molecule has 5 atom stereocenters. The van der Waals surface area contributed by atoms with Crippen LogP contribution in [0.4, 0.5) is 0 Å². The Kier molecular flexibility index (Phi) is 4.62. The Hall–Kier alpha value is -1.88. The second kappa shape index (κ2) is 6.45. The van der Waals surface area contributed by atoms with Gasteiger partial charge in [0.2, 0.25) is 0 Å². The molecule has 3 aliphatic rings. The zero-order chi connectivity index (χ0) is 18.4. The lowest BCUT2D eigenvalue weighted by Gasteiger charge is -2.28. The highest BCUT2D eigenvalue weighted by molar-refractivity contribution is 5.91. The monoisotopic (exact) mass is 346 g/mol. The predicted molar refractivity (Wildman–Crippen MR) is 92.7 cm³/mol. The number of epoxide rings is 1. The normalized spacial score (nSPS) is 40.3. The van der Waals surface area contributed by atoms with E-state index in [4.69, 9.17) is 14.2 Å². The summed E-state index contributed by atoms with van der Waals surface area (Å²) >= 11 is 0. The SMILES string of the molecule is C=C1C(=O)O[C@H]2C/C(C)=C/CC[C@]3(C)O[C@@H]3[C@@H](OC(=O)/C(C)=C\C)[C@H]12. The van der Waals surface area contributed by atoms with Crippen LogP contribution in [-0.2, 0) is 23.8 Å². The molecule has 136 valence electrons. The van der Waals surface area contributed by atoms with Gasteiger partial charge < -0.3 is 14.2 Å². The quantitative estimate of drug-likeness (QED) is 0.332. The van der Waals surface area contributed by atoms with Crippen LogP contribution in [-0.4, -0.2) is 35.9 Å². The van der Waals surface area contributed by atoms with E-state index in [9.17, 15) is 9.59 Å². The Bertz CT molecular complexity index is 674. The molecule has 2 saturated heterocycles. The van der Waals surface area contributed by atoms with Crippen molar-refractivity contribution in [1.29, 1.82) is 0 Å². The van der Waals surface area contributed by atoms with Crippen molar-refractivity contribution in [3.63, 3.8) is 0 Å². The van der Waals surface area contributed by atoms with Gasteiger partial charge in [-0.3, -0.25) is 0 Å². The average molecular weight is 346 g/mol. The van der Waals surface area contributed by atoms with Crippen molar-refractivity contribution in [2.75, 3.05) is 0 Å². The molecule has 0 spiro atoms. The first kappa shape index (κ1) is 17.9. The highest BCUT2D eigenvalue weighted by Crippen LogP contribution is 2.49. The van der Waals surface area contributed by atoms with Crippen LogP contribution in [0.5, 0.6) is 0 Å². The fourth-order valence-corrected chi connectivity index (χ4v) is 3.76. The Labute approximate surface area is 148 Å². The van der Waals surface area contributed by atoms with Crippen molar-refractivity contribution in [3.05, 3.63) is 35.5 Å². The summed E-state index contributed by atoms with van der Waals surface area (Å²) in [6.07, 6.45) is 5.07. The number of ether oxygens (including phenoxy) is 3. The third-order valence-electron chi connectivity index (χ3n) is 5.57. The Morgan fingerprint density at radius 1 is 1.48 bits per heavy atom. The highest BCUT2D eigenvalue weighted by Gasteiger charge is 2.62. The molecule has 0 N–H and O–H groups in total. The minimum atomic E-state index is -0.567. The van der Waals surface area contributed by atoms with Crippen molar-refractivity contribution >= 4 is 11.9 Å². The second-order valence-electron chi connectivity index (χ2n) is 7.48. The Balaban J connectivity index is 1.96. The summed E-state index contributed by atoms with van der Waals surface area (Å²) in [6.45, 7) is 11.5. The van der Waals surface area contributed by atoms with Crippen LogP contribution in [0.1, 0.15) is 47.0 Å². The fraction of sp³-hybridized carbons (Fsp3) is 0.600. The summed E-state index contributed by atoms with van der Waals surface area (Å²) in [5.41, 5.74) is 1.71. The van der Waals surface area contributed by atoms with Crippen LogP contribution in [0.15, 0.2) is 35.5 Å². The highest BCUT2D eigenvalue weighted by atomic mass is 16.6. The topological polar surface area (TPSA) is 65.1 Å². The maximum Gasteiger partial charge on any atom is 0.334 e. The molecule has 25 heavy (non-hydrogen) atoms. The summed E-state index contributed by atoms with van der Waals surface area (Å²) in [5.74, 6) is -1.18. The molecule has 2 aliphatic heterocycles. The number of esters is 2. The molecule has 0 unspecified atom stereocenters. The van der Waals surface area contributed by atoms with Crippen molar-refractivity contribution in [2.24, 2.45) is 5.92 Å². The number of carbonyl (C=O) groups excluding carboxylic acids is 2. The van der Waals surface area contributed by atoms with Crippen LogP contribution in [0, 0.1) is 5.92 Å². The van der Waals surface area contributed by atoms with Crippen LogP contribution >= 0.6 is 0 Å². The molecule has 0 aromatic heterocycles. The summed E-state index contributed by atoms with van der Waals surface area (Å²) in [7, 11) is 0. The molecule has 0 bridgehead atoms. The molecule has 3 rings (SSSR count). The van der Waals surface area contributed by atoms with Crippen molar-refractivity contribution in [2.45, 2.75) is 70.9 Å². The smallest absolute Gasteiger partial charge is 0.334 e. The van der Waals surface area contributed by atoms with E-state index in [1.807, 2.05) is 13.8 Å². The molecule has 0 radical (unpaired) electrons. The van der Waals surface area contributed by atoms with E-state index in [0.29, 0.717) is 17.6 Å². The molecule has 2 fully saturated rings. The average Bonchev–Trinajstić information content (AvgIpc) is 3.15. The van der Waals surface area contributed by atoms with Crippen LogP contribution < -0.4 is 0 Å². The van der Waals surface area contributed by atoms with Gasteiger partial charge in [-0.1, -0.05) is 24.3 Å². The molecule has 0 amide bonds. The maximum absolute atomic E-state index is 12.4. The number of allylic oxidation sites excluding steroid dienone is 2. The van der Waals surface area contributed by atoms with E-state index < -0.39 is 12.1 Å². The zero-order valence-corrected chi connectivity index (χ0v) is 15.3. The first-order chi connectivity index (χ1) is 11.8. The first-order valence-electron chi connectivity index (χ1n) is 8.84. The van der Waals surface area contributed by atoms with Gasteiger partial charge in [-0.05, 0) is 40.5 Å². The molecular formula is C20H26O5. The van der Waals surface area contributed by atoms with Crippen LogP contribution in [0.2, 0.25) is 0 Å². The minimum Gasteiger partial charge on any atom is -0.458 e. The van der Waals surface area contributed by atoms with Gasteiger partial charge in [-0.25, -0.2) is 9.59 Å². The molecular weight excluding hydrogens is 320 g/mol. The molecule has 0 aromatic carbocycles. The van der Waals surface area contributed by atoms with Gasteiger partial charge in [0.1, 0.15) is 18.3 Å². The van der Waals surface area contributed by atoms with Gasteiger partial charge in [0.05, 0.1) is 11.5 Å². The van der Waals surface area contributed by atoms with Crippen molar-refractivity contribution < 1.29 is 23.8 Å². The summed E-state index contributed by atoms with van der Waals surface area (Å²) in [4.78, 5) is 24.5. The zero-order valence-electron chi connectivity index (χ0n) is 15.3. The van der Waals surface area contributed by atoms with E-state index in [1.165, 1.54) is 0 Å². The summed E-state index contributed by atoms with van der Waals surface area (Å²) < 4.78 is 17.3. The molecule has 0 aromatic rings. The Morgan fingerprint density at radius 2 is 2.20 bits per heavy atom. The van der Waals surface area contributed by atoms with Crippen LogP contribution in [0.25, 0.3) is 0 Å². The Morgan fingerprint density at radius 3 is 2.88 bits per heavy atom. The lowest BCUT2D eigenvalue weighted by atomic mass is 9.82. The number of carbonyl (C=O) groups is 2. The first-order valence-corrected chi connectivity index (χ1v) is 8.84. The molecule has 5 nitrogen and oxygen atoms in total. The lowest BCUT2D eigenvalue weighted by Crippen LogP contribution is -2.40. The lowest BCUT2D eigenvalue weighted by molar-refractivity contribution is -0.149. The summed E-state index contributed by atoms with van der Waals surface area (Å²) in [6, 6.07) is 0. The van der Waals surface area contributed by atoms with E-state index in [2.05, 4.69) is 12.7 Å². The van der Waals surface area contributed by atoms with Crippen LogP contribution in [0.3, 0.4) is 0 Å². The van der Waals surface area contributed by atoms with Gasteiger partial charge >= 0.3 is 11.9 Å². The van der Waals surface area contributed by atoms with Gasteiger partial charge in [0.15, 0.2) is 0 Å². The largest absolute Gasteiger partial charge is 0.458 e. The third kappa shape index (κ3) is 3.30. The molecule has 2 heterocycles. The van der Waals surface area contributed by atoms with Gasteiger partial charge in [0, 0.05) is 17.6 Å². The number of hydrogen-bond donors (Lipinski definition) is 0. The molecule has 1 aliphatic carbocycles. The molecule has 5 heteroatoms. The van der Waals surface area contributed by atoms with Crippen molar-refractivity contribution in [3.8, 4) is 0 Å². The fourth-order valence-electron chi connectivity index (χ4n) is 3.76. The standard InChI is InChI=1S/C20H26O5/c1-6-12(3)18(21)24-16-15-13(4)19(22)23-14(15)10-11(2)8-7-9-20(5)17(16)25-20/h6,8,14-17H,4,7,9-10H2,1-3,5H3/b11-8+,12-6-/t14-,15+,16-,17+,20-/m0/s1. The second-order valence-corrected chi connectivity index (χ2v) is 7.48. The maximum atomic E-state index is 12.4. The van der Waals surface area contributed by atoms with Gasteiger partial charge in [0.25, 0.3) is 0 Å². The number of fused-ring (bicyclic) bond motifs is 2. The van der Waals surface area contributed by atoms with Crippen molar-refractivity contribution in [1.82, 2.24) is 0 Å². The van der Waals surface area contributed by atoms with E-state index in [-0.39, 0.29) is 29.7 Å². The number of hydrogen-bond acceptors (Lipinski definition) is 5. The minimum absolute atomic E-state index is 0.244. The number of rotatable bonds is 2.